The first-order chi connectivity index (χ1) is 8.54. The maximum atomic E-state index is 5.65. The van der Waals surface area contributed by atoms with Crippen molar-refractivity contribution < 1.29 is 0 Å². The Morgan fingerprint density at radius 3 is 2.72 bits per heavy atom. The van der Waals surface area contributed by atoms with Gasteiger partial charge in [0.05, 0.1) is 5.69 Å². The second-order valence-corrected chi connectivity index (χ2v) is 5.20. The van der Waals surface area contributed by atoms with E-state index in [1.807, 2.05) is 25.1 Å². The number of aryl methyl sites for hydroxylation is 1. The average molecular weight is 244 g/mol. The van der Waals surface area contributed by atoms with Gasteiger partial charge in [-0.25, -0.2) is 4.98 Å². The summed E-state index contributed by atoms with van der Waals surface area (Å²) in [7, 11) is 0. The van der Waals surface area contributed by atoms with Gasteiger partial charge in [-0.3, -0.25) is 4.98 Å². The molecule has 0 fully saturated rings. The summed E-state index contributed by atoms with van der Waals surface area (Å²) >= 11 is 0. The van der Waals surface area contributed by atoms with Crippen LogP contribution in [0.25, 0.3) is 11.4 Å². The molecule has 0 aliphatic carbocycles. The molecule has 0 aromatic carbocycles. The Balaban J connectivity index is 2.39. The number of nitrogens with one attached hydrogen (secondary N) is 1. The highest BCUT2D eigenvalue weighted by Crippen LogP contribution is 2.27. The maximum absolute atomic E-state index is 5.65. The number of nitrogens with two attached hydrogens (primary N) is 1. The predicted molar refractivity (Wildman–Crippen MR) is 73.3 cm³/mol. The fourth-order valence-corrected chi connectivity index (χ4v) is 2.01. The SMILES string of the molecule is Cc1[nH]c(C(C)(C)CCN)nc1-c1ccccn1. The normalized spacial score (nSPS) is 11.8. The van der Waals surface area contributed by atoms with Crippen LogP contribution in [0.3, 0.4) is 0 Å². The molecule has 0 aliphatic rings. The van der Waals surface area contributed by atoms with Crippen molar-refractivity contribution in [1.82, 2.24) is 15.0 Å². The van der Waals surface area contributed by atoms with Gasteiger partial charge in [-0.2, -0.15) is 0 Å². The molecule has 0 saturated heterocycles. The Morgan fingerprint density at radius 2 is 2.11 bits per heavy atom. The number of imidazole rings is 1. The van der Waals surface area contributed by atoms with Crippen LogP contribution >= 0.6 is 0 Å². The van der Waals surface area contributed by atoms with Crippen LogP contribution in [0.1, 0.15) is 31.8 Å². The predicted octanol–water partition coefficient (Wildman–Crippen LogP) is 2.41. The molecule has 4 heteroatoms. The maximum Gasteiger partial charge on any atom is 0.112 e. The summed E-state index contributed by atoms with van der Waals surface area (Å²) < 4.78 is 0. The second-order valence-electron chi connectivity index (χ2n) is 5.20. The minimum absolute atomic E-state index is 0.0352. The quantitative estimate of drug-likeness (QED) is 0.867. The largest absolute Gasteiger partial charge is 0.345 e. The number of nitrogens with zero attached hydrogens (tertiary/aromatic N) is 2. The number of H-pyrrole nitrogens is 1. The van der Waals surface area contributed by atoms with Crippen LogP contribution < -0.4 is 5.73 Å². The lowest BCUT2D eigenvalue weighted by molar-refractivity contribution is 0.461. The summed E-state index contributed by atoms with van der Waals surface area (Å²) in [5.41, 5.74) is 8.50. The molecule has 0 unspecified atom stereocenters. The molecule has 96 valence electrons. The minimum atomic E-state index is -0.0352. The van der Waals surface area contributed by atoms with Crippen LogP contribution in [0.5, 0.6) is 0 Å². The zero-order chi connectivity index (χ0) is 13.2. The van der Waals surface area contributed by atoms with Crippen LogP contribution in [0.4, 0.5) is 0 Å². The first kappa shape index (κ1) is 12.8. The van der Waals surface area contributed by atoms with Gasteiger partial charge in [-0.1, -0.05) is 19.9 Å². The lowest BCUT2D eigenvalue weighted by atomic mass is 9.88. The van der Waals surface area contributed by atoms with Crippen LogP contribution in [-0.2, 0) is 5.41 Å². The molecule has 2 aromatic rings. The average Bonchev–Trinajstić information content (AvgIpc) is 2.73. The minimum Gasteiger partial charge on any atom is -0.345 e. The van der Waals surface area contributed by atoms with Crippen LogP contribution in [0.15, 0.2) is 24.4 Å². The van der Waals surface area contributed by atoms with Gasteiger partial charge in [-0.15, -0.1) is 0 Å². The van der Waals surface area contributed by atoms with Gasteiger partial charge in [-0.05, 0) is 32.0 Å². The van der Waals surface area contributed by atoms with Crippen molar-refractivity contribution in [2.45, 2.75) is 32.6 Å². The summed E-state index contributed by atoms with van der Waals surface area (Å²) in [4.78, 5) is 12.4. The molecule has 0 atom stereocenters. The molecule has 3 N–H and O–H groups in total. The van der Waals surface area contributed by atoms with Gasteiger partial charge in [0.25, 0.3) is 0 Å². The molecule has 0 spiro atoms. The Kier molecular flexibility index (Phi) is 3.48. The van der Waals surface area contributed by atoms with Gasteiger partial charge in [0.15, 0.2) is 0 Å². The van der Waals surface area contributed by atoms with Crippen molar-refractivity contribution in [3.8, 4) is 11.4 Å². The van der Waals surface area contributed by atoms with Crippen LogP contribution in [0.2, 0.25) is 0 Å². The molecule has 0 aliphatic heterocycles. The highest BCUT2D eigenvalue weighted by atomic mass is 15.0. The van der Waals surface area contributed by atoms with Crippen molar-refractivity contribution in [2.24, 2.45) is 5.73 Å². The molecule has 4 nitrogen and oxygen atoms in total. The fourth-order valence-electron chi connectivity index (χ4n) is 2.01. The summed E-state index contributed by atoms with van der Waals surface area (Å²) in [6.07, 6.45) is 2.69. The monoisotopic (exact) mass is 244 g/mol. The number of hydrogen-bond donors (Lipinski definition) is 2. The van der Waals surface area contributed by atoms with Gasteiger partial charge in [0.2, 0.25) is 0 Å². The molecule has 0 bridgehead atoms. The van der Waals surface area contributed by atoms with E-state index in [1.165, 1.54) is 0 Å². The Morgan fingerprint density at radius 1 is 1.33 bits per heavy atom. The molecule has 2 aromatic heterocycles. The first-order valence-electron chi connectivity index (χ1n) is 6.23. The zero-order valence-corrected chi connectivity index (χ0v) is 11.2. The summed E-state index contributed by atoms with van der Waals surface area (Å²) in [5.74, 6) is 0.978. The number of pyridine rings is 1. The lowest BCUT2D eigenvalue weighted by Crippen LogP contribution is -2.23. The summed E-state index contributed by atoms with van der Waals surface area (Å²) in [6.45, 7) is 6.99. The Hall–Kier alpha value is -1.68. The third-order valence-electron chi connectivity index (χ3n) is 3.20. The molecule has 0 radical (unpaired) electrons. The van der Waals surface area contributed by atoms with Gasteiger partial charge < -0.3 is 10.7 Å². The Labute approximate surface area is 108 Å². The summed E-state index contributed by atoms with van der Waals surface area (Å²) in [6, 6.07) is 5.86. The van der Waals surface area contributed by atoms with E-state index in [-0.39, 0.29) is 5.41 Å². The van der Waals surface area contributed by atoms with E-state index in [1.54, 1.807) is 6.20 Å². The van der Waals surface area contributed by atoms with E-state index in [0.29, 0.717) is 6.54 Å². The third-order valence-corrected chi connectivity index (χ3v) is 3.20. The van der Waals surface area contributed by atoms with Crippen LogP contribution in [0, 0.1) is 6.92 Å². The van der Waals surface area contributed by atoms with E-state index < -0.39 is 0 Å². The van der Waals surface area contributed by atoms with E-state index in [2.05, 4.69) is 23.8 Å². The molecule has 0 saturated carbocycles. The number of rotatable bonds is 4. The molecular formula is C14H20N4. The summed E-state index contributed by atoms with van der Waals surface area (Å²) in [5, 5.41) is 0. The molecular weight excluding hydrogens is 224 g/mol. The Bertz CT molecular complexity index is 514. The van der Waals surface area contributed by atoms with E-state index in [0.717, 1.165) is 29.3 Å². The first-order valence-corrected chi connectivity index (χ1v) is 6.23. The van der Waals surface area contributed by atoms with Gasteiger partial charge in [0, 0.05) is 17.3 Å². The van der Waals surface area contributed by atoms with Crippen molar-refractivity contribution in [3.05, 3.63) is 35.9 Å². The topological polar surface area (TPSA) is 67.6 Å². The lowest BCUT2D eigenvalue weighted by Gasteiger charge is -2.20. The number of aromatic amines is 1. The van der Waals surface area contributed by atoms with Gasteiger partial charge >= 0.3 is 0 Å². The van der Waals surface area contributed by atoms with Crippen molar-refractivity contribution in [1.29, 1.82) is 0 Å². The smallest absolute Gasteiger partial charge is 0.112 e. The molecule has 2 rings (SSSR count). The van der Waals surface area contributed by atoms with Crippen molar-refractivity contribution in [2.75, 3.05) is 6.54 Å². The van der Waals surface area contributed by atoms with Crippen molar-refractivity contribution >= 4 is 0 Å². The number of hydrogen-bond acceptors (Lipinski definition) is 3. The van der Waals surface area contributed by atoms with Gasteiger partial charge in [0.1, 0.15) is 11.5 Å². The van der Waals surface area contributed by atoms with Crippen LogP contribution in [-0.4, -0.2) is 21.5 Å². The molecule has 2 heterocycles. The standard InChI is InChI=1S/C14H20N4/c1-10-12(11-6-4-5-9-16-11)18-13(17-10)14(2,3)7-8-15/h4-6,9H,7-8,15H2,1-3H3,(H,17,18). The van der Waals surface area contributed by atoms with E-state index in [4.69, 9.17) is 10.7 Å². The third kappa shape index (κ3) is 2.43. The second kappa shape index (κ2) is 4.90. The molecule has 0 amide bonds. The highest BCUT2D eigenvalue weighted by Gasteiger charge is 2.24. The highest BCUT2D eigenvalue weighted by molar-refractivity contribution is 5.57. The number of aromatic nitrogens is 3. The fraction of sp³-hybridized carbons (Fsp3) is 0.429. The molecule has 18 heavy (non-hydrogen) atoms. The van der Waals surface area contributed by atoms with Crippen molar-refractivity contribution in [3.63, 3.8) is 0 Å². The zero-order valence-electron chi connectivity index (χ0n) is 11.2. The van der Waals surface area contributed by atoms with E-state index in [9.17, 15) is 0 Å². The van der Waals surface area contributed by atoms with E-state index >= 15 is 0 Å².